The van der Waals surface area contributed by atoms with E-state index in [9.17, 15) is 13.5 Å². The van der Waals surface area contributed by atoms with Crippen LogP contribution >= 0.6 is 0 Å². The first-order valence-electron chi connectivity index (χ1n) is 7.85. The van der Waals surface area contributed by atoms with Crippen molar-refractivity contribution in [2.24, 2.45) is 0 Å². The van der Waals surface area contributed by atoms with Crippen LogP contribution in [0, 0.1) is 6.92 Å². The maximum Gasteiger partial charge on any atom is 0.240 e. The lowest BCUT2D eigenvalue weighted by atomic mass is 10.1. The molecule has 0 heterocycles. The van der Waals surface area contributed by atoms with Crippen LogP contribution in [0.25, 0.3) is 0 Å². The van der Waals surface area contributed by atoms with Crippen LogP contribution in [0.1, 0.15) is 35.8 Å². The molecule has 2 aromatic carbocycles. The highest BCUT2D eigenvalue weighted by molar-refractivity contribution is 7.89. The summed E-state index contributed by atoms with van der Waals surface area (Å²) in [5.41, 5.74) is 2.81. The number of sulfonamides is 1. The molecule has 0 radical (unpaired) electrons. The Hall–Kier alpha value is -1.73. The topological polar surface area (TPSA) is 78.4 Å². The van der Waals surface area contributed by atoms with E-state index in [0.29, 0.717) is 6.54 Å². The number of hydrogen-bond acceptors (Lipinski definition) is 4. The lowest BCUT2D eigenvalue weighted by Gasteiger charge is -2.18. The molecule has 0 bridgehead atoms. The van der Waals surface area contributed by atoms with E-state index in [0.717, 1.165) is 16.7 Å². The number of aryl methyl sites for hydroxylation is 1. The molecule has 0 aliphatic heterocycles. The van der Waals surface area contributed by atoms with Crippen molar-refractivity contribution in [1.82, 2.24) is 10.0 Å². The van der Waals surface area contributed by atoms with Crippen molar-refractivity contribution in [3.63, 3.8) is 0 Å². The Morgan fingerprint density at radius 1 is 1.08 bits per heavy atom. The highest BCUT2D eigenvalue weighted by Gasteiger charge is 2.15. The van der Waals surface area contributed by atoms with Crippen LogP contribution in [-0.4, -0.2) is 27.1 Å². The normalized spacial score (nSPS) is 14.3. The van der Waals surface area contributed by atoms with Crippen molar-refractivity contribution in [2.45, 2.75) is 30.9 Å². The van der Waals surface area contributed by atoms with Gasteiger partial charge >= 0.3 is 0 Å². The number of rotatable bonds is 7. The summed E-state index contributed by atoms with van der Waals surface area (Å²) >= 11 is 0. The number of nitrogens with one attached hydrogen (secondary N) is 2. The number of aliphatic hydroxyl groups excluding tert-OH is 1. The van der Waals surface area contributed by atoms with Gasteiger partial charge in [0.25, 0.3) is 0 Å². The van der Waals surface area contributed by atoms with Crippen LogP contribution in [0.2, 0.25) is 0 Å². The zero-order chi connectivity index (χ0) is 17.7. The molecule has 3 N–H and O–H groups in total. The first kappa shape index (κ1) is 18.6. The first-order valence-corrected chi connectivity index (χ1v) is 9.33. The Morgan fingerprint density at radius 3 is 2.42 bits per heavy atom. The summed E-state index contributed by atoms with van der Waals surface area (Å²) in [5, 5.41) is 13.5. The van der Waals surface area contributed by atoms with E-state index in [1.807, 2.05) is 44.2 Å². The average molecular weight is 348 g/mol. The molecule has 2 rings (SSSR count). The molecule has 0 unspecified atom stereocenters. The van der Waals surface area contributed by atoms with Crippen LogP contribution in [0.15, 0.2) is 53.4 Å². The Bertz CT molecular complexity index is 790. The highest BCUT2D eigenvalue weighted by Crippen LogP contribution is 2.19. The molecule has 2 aromatic rings. The molecule has 2 atom stereocenters. The first-order chi connectivity index (χ1) is 11.3. The molecule has 0 saturated carbocycles. The summed E-state index contributed by atoms with van der Waals surface area (Å²) in [6.07, 6.45) is -0.614. The van der Waals surface area contributed by atoms with Gasteiger partial charge < -0.3 is 10.4 Å². The second-order valence-electron chi connectivity index (χ2n) is 5.84. The average Bonchev–Trinajstić information content (AvgIpc) is 2.59. The van der Waals surface area contributed by atoms with Crippen molar-refractivity contribution < 1.29 is 13.5 Å². The second kappa shape index (κ2) is 7.90. The molecule has 0 saturated heterocycles. The minimum absolute atomic E-state index is 0.0866. The van der Waals surface area contributed by atoms with Crippen LogP contribution in [0.4, 0.5) is 0 Å². The molecule has 0 amide bonds. The van der Waals surface area contributed by atoms with Crippen LogP contribution < -0.4 is 10.0 Å². The number of benzene rings is 2. The molecule has 0 aliphatic rings. The van der Waals surface area contributed by atoms with Gasteiger partial charge in [-0.25, -0.2) is 13.1 Å². The fraction of sp³-hybridized carbons (Fsp3) is 0.333. The highest BCUT2D eigenvalue weighted by atomic mass is 32.2. The molecule has 6 heteroatoms. The van der Waals surface area contributed by atoms with E-state index < -0.39 is 16.1 Å². The molecular formula is C18H24N2O3S. The minimum Gasteiger partial charge on any atom is -0.387 e. The summed E-state index contributed by atoms with van der Waals surface area (Å²) in [7, 11) is -2.07. The predicted molar refractivity (Wildman–Crippen MR) is 95.2 cm³/mol. The quantitative estimate of drug-likeness (QED) is 0.717. The van der Waals surface area contributed by atoms with Gasteiger partial charge in [0, 0.05) is 12.6 Å². The number of aliphatic hydroxyl groups is 1. The standard InChI is InChI=1S/C18H24N2O3S/c1-13-6-4-8-16(10-13)18(21)12-20-14(2)15-7-5-9-17(11-15)24(22,23)19-3/h4-11,14,18-21H,12H2,1-3H3/t14-,18-/m0/s1. The van der Waals surface area contributed by atoms with E-state index in [-0.39, 0.29) is 10.9 Å². The van der Waals surface area contributed by atoms with Crippen LogP contribution in [-0.2, 0) is 10.0 Å². The van der Waals surface area contributed by atoms with Gasteiger partial charge in [-0.05, 0) is 44.2 Å². The predicted octanol–water partition coefficient (Wildman–Crippen LogP) is 2.29. The van der Waals surface area contributed by atoms with Gasteiger partial charge in [0.05, 0.1) is 11.0 Å². The van der Waals surface area contributed by atoms with Crippen molar-refractivity contribution in [3.8, 4) is 0 Å². The van der Waals surface area contributed by atoms with E-state index in [2.05, 4.69) is 10.0 Å². The van der Waals surface area contributed by atoms with Gasteiger partial charge in [0.1, 0.15) is 0 Å². The van der Waals surface area contributed by atoms with E-state index in [1.165, 1.54) is 7.05 Å². The van der Waals surface area contributed by atoms with Gasteiger partial charge in [0.2, 0.25) is 10.0 Å². The summed E-state index contributed by atoms with van der Waals surface area (Å²) < 4.78 is 26.1. The molecule has 130 valence electrons. The zero-order valence-electron chi connectivity index (χ0n) is 14.2. The van der Waals surface area contributed by atoms with Crippen LogP contribution in [0.5, 0.6) is 0 Å². The van der Waals surface area contributed by atoms with E-state index in [4.69, 9.17) is 0 Å². The maximum atomic E-state index is 11.9. The summed E-state index contributed by atoms with van der Waals surface area (Å²) in [4.78, 5) is 0.232. The summed E-state index contributed by atoms with van der Waals surface area (Å²) in [6.45, 7) is 4.31. The lowest BCUT2D eigenvalue weighted by Crippen LogP contribution is -2.25. The third kappa shape index (κ3) is 4.64. The smallest absolute Gasteiger partial charge is 0.240 e. The van der Waals surface area contributed by atoms with Gasteiger partial charge in [-0.2, -0.15) is 0 Å². The molecule has 0 spiro atoms. The Balaban J connectivity index is 2.05. The van der Waals surface area contributed by atoms with Crippen molar-refractivity contribution in [2.75, 3.05) is 13.6 Å². The fourth-order valence-electron chi connectivity index (χ4n) is 2.47. The Labute approximate surface area is 143 Å². The molecule has 0 aliphatic carbocycles. The number of hydrogen-bond donors (Lipinski definition) is 3. The molecule has 0 aromatic heterocycles. The third-order valence-corrected chi connectivity index (χ3v) is 5.39. The third-order valence-electron chi connectivity index (χ3n) is 3.98. The van der Waals surface area contributed by atoms with Gasteiger partial charge in [-0.3, -0.25) is 0 Å². The largest absolute Gasteiger partial charge is 0.387 e. The van der Waals surface area contributed by atoms with E-state index >= 15 is 0 Å². The zero-order valence-corrected chi connectivity index (χ0v) is 15.0. The fourth-order valence-corrected chi connectivity index (χ4v) is 3.26. The SMILES string of the molecule is CNS(=O)(=O)c1cccc([C@H](C)NC[C@H](O)c2cccc(C)c2)c1. The van der Waals surface area contributed by atoms with Crippen molar-refractivity contribution >= 4 is 10.0 Å². The Morgan fingerprint density at radius 2 is 1.75 bits per heavy atom. The molecule has 5 nitrogen and oxygen atoms in total. The Kier molecular flexibility index (Phi) is 6.12. The lowest BCUT2D eigenvalue weighted by molar-refractivity contribution is 0.170. The molecule has 0 fully saturated rings. The maximum absolute atomic E-state index is 11.9. The summed E-state index contributed by atoms with van der Waals surface area (Å²) in [5.74, 6) is 0. The van der Waals surface area contributed by atoms with E-state index in [1.54, 1.807) is 18.2 Å². The monoisotopic (exact) mass is 348 g/mol. The van der Waals surface area contributed by atoms with Gasteiger partial charge in [-0.15, -0.1) is 0 Å². The molecule has 24 heavy (non-hydrogen) atoms. The van der Waals surface area contributed by atoms with Crippen LogP contribution in [0.3, 0.4) is 0 Å². The minimum atomic E-state index is -3.46. The van der Waals surface area contributed by atoms with Gasteiger partial charge in [-0.1, -0.05) is 42.0 Å². The second-order valence-corrected chi connectivity index (χ2v) is 7.73. The summed E-state index contributed by atoms with van der Waals surface area (Å²) in [6, 6.07) is 14.5. The van der Waals surface area contributed by atoms with Crippen molar-refractivity contribution in [1.29, 1.82) is 0 Å². The van der Waals surface area contributed by atoms with Crippen molar-refractivity contribution in [3.05, 3.63) is 65.2 Å². The molecular weight excluding hydrogens is 324 g/mol. The van der Waals surface area contributed by atoms with Gasteiger partial charge in [0.15, 0.2) is 0 Å².